The van der Waals surface area contributed by atoms with Crippen LogP contribution in [0.2, 0.25) is 0 Å². The van der Waals surface area contributed by atoms with Gasteiger partial charge in [-0.2, -0.15) is 16.3 Å². The number of carbonyl (C=O) groups excluding carboxylic acids is 1. The maximum absolute atomic E-state index is 11.9. The van der Waals surface area contributed by atoms with E-state index in [-0.39, 0.29) is 12.3 Å². The molecule has 0 fully saturated rings. The summed E-state index contributed by atoms with van der Waals surface area (Å²) in [5, 5.41) is 19.0. The molecule has 0 spiro atoms. The highest BCUT2D eigenvalue weighted by atomic mass is 32.2. The average molecular weight is 367 g/mol. The number of hydrogen-bond acceptors (Lipinski definition) is 9. The lowest BCUT2D eigenvalue weighted by atomic mass is 10.3. The van der Waals surface area contributed by atoms with E-state index in [1.165, 1.54) is 11.3 Å². The van der Waals surface area contributed by atoms with E-state index >= 15 is 0 Å². The molecular formula is C13H13N5O2S3. The van der Waals surface area contributed by atoms with Gasteiger partial charge in [0, 0.05) is 23.8 Å². The summed E-state index contributed by atoms with van der Waals surface area (Å²) in [5.41, 5.74) is 0.921. The molecule has 0 bridgehead atoms. The van der Waals surface area contributed by atoms with Crippen LogP contribution in [0, 0.1) is 0 Å². The van der Waals surface area contributed by atoms with Gasteiger partial charge in [-0.25, -0.2) is 0 Å². The van der Waals surface area contributed by atoms with Crippen molar-refractivity contribution in [2.24, 2.45) is 0 Å². The smallest absolute Gasteiger partial charge is 0.227 e. The molecule has 3 rings (SSSR count). The van der Waals surface area contributed by atoms with Crippen molar-refractivity contribution >= 4 is 45.5 Å². The van der Waals surface area contributed by atoms with Crippen molar-refractivity contribution < 1.29 is 9.32 Å². The normalized spacial score (nSPS) is 10.8. The Labute approximate surface area is 144 Å². The number of rotatable bonds is 7. The van der Waals surface area contributed by atoms with Crippen molar-refractivity contribution in [3.05, 3.63) is 22.7 Å². The maximum atomic E-state index is 11.9. The number of aryl methyl sites for hydroxylation is 1. The zero-order chi connectivity index (χ0) is 16.1. The molecule has 0 aliphatic rings. The lowest BCUT2D eigenvalue weighted by Crippen LogP contribution is -2.12. The summed E-state index contributed by atoms with van der Waals surface area (Å²) in [6, 6.07) is 1.92. The Morgan fingerprint density at radius 3 is 3.13 bits per heavy atom. The van der Waals surface area contributed by atoms with Crippen LogP contribution in [-0.2, 0) is 11.2 Å². The number of carbonyl (C=O) groups is 1. The van der Waals surface area contributed by atoms with Crippen molar-refractivity contribution in [3.63, 3.8) is 0 Å². The number of thiophene rings is 1. The number of aromatic nitrogens is 4. The number of nitrogens with one attached hydrogen (secondary N) is 1. The van der Waals surface area contributed by atoms with Gasteiger partial charge < -0.3 is 9.84 Å². The summed E-state index contributed by atoms with van der Waals surface area (Å²) in [6.07, 6.45) is 0.638. The predicted molar refractivity (Wildman–Crippen MR) is 90.9 cm³/mol. The van der Waals surface area contributed by atoms with E-state index in [2.05, 4.69) is 25.7 Å². The van der Waals surface area contributed by atoms with Crippen molar-refractivity contribution in [1.82, 2.24) is 20.3 Å². The van der Waals surface area contributed by atoms with E-state index in [9.17, 15) is 4.79 Å². The van der Waals surface area contributed by atoms with Gasteiger partial charge in [-0.15, -0.1) is 10.2 Å². The Morgan fingerprint density at radius 1 is 1.43 bits per heavy atom. The van der Waals surface area contributed by atoms with Crippen molar-refractivity contribution in [2.75, 3.05) is 11.1 Å². The zero-order valence-electron chi connectivity index (χ0n) is 12.2. The predicted octanol–water partition coefficient (Wildman–Crippen LogP) is 3.33. The molecule has 0 aliphatic heterocycles. The summed E-state index contributed by atoms with van der Waals surface area (Å²) in [5.74, 6) is 1.77. The van der Waals surface area contributed by atoms with Crippen LogP contribution in [0.4, 0.5) is 5.13 Å². The molecule has 3 heterocycles. The highest BCUT2D eigenvalue weighted by molar-refractivity contribution is 8.01. The molecule has 120 valence electrons. The highest BCUT2D eigenvalue weighted by Gasteiger charge is 2.12. The average Bonchev–Trinajstić information content (AvgIpc) is 3.27. The molecule has 0 atom stereocenters. The van der Waals surface area contributed by atoms with Gasteiger partial charge in [0.05, 0.1) is 0 Å². The molecule has 1 N–H and O–H groups in total. The molecule has 7 nitrogen and oxygen atoms in total. The molecule has 1 amide bonds. The standard InChI is InChI=1S/C13H13N5O2S3/c1-2-22-13-17-16-12(23-13)14-9(19)3-4-10-15-11(18-20-10)8-5-6-21-7-8/h5-7H,2-4H2,1H3,(H,14,16,19). The molecule has 0 saturated heterocycles. The summed E-state index contributed by atoms with van der Waals surface area (Å²) in [4.78, 5) is 16.2. The fraction of sp³-hybridized carbons (Fsp3) is 0.308. The van der Waals surface area contributed by atoms with Crippen LogP contribution in [0.3, 0.4) is 0 Å². The Kier molecular flexibility index (Phi) is 5.36. The molecule has 23 heavy (non-hydrogen) atoms. The maximum Gasteiger partial charge on any atom is 0.227 e. The lowest BCUT2D eigenvalue weighted by Gasteiger charge is -1.97. The van der Waals surface area contributed by atoms with Gasteiger partial charge in [0.15, 0.2) is 4.34 Å². The lowest BCUT2D eigenvalue weighted by molar-refractivity contribution is -0.116. The van der Waals surface area contributed by atoms with Crippen LogP contribution in [0.5, 0.6) is 0 Å². The first-order valence-electron chi connectivity index (χ1n) is 6.86. The van der Waals surface area contributed by atoms with E-state index in [4.69, 9.17) is 4.52 Å². The SMILES string of the molecule is CCSc1nnc(NC(=O)CCc2nc(-c3ccsc3)no2)s1. The first-order valence-corrected chi connectivity index (χ1v) is 9.60. The van der Waals surface area contributed by atoms with Crippen molar-refractivity contribution in [3.8, 4) is 11.4 Å². The Morgan fingerprint density at radius 2 is 2.35 bits per heavy atom. The van der Waals surface area contributed by atoms with Gasteiger partial charge >= 0.3 is 0 Å². The molecule has 0 saturated carbocycles. The number of anilines is 1. The van der Waals surface area contributed by atoms with Crippen molar-refractivity contribution in [1.29, 1.82) is 0 Å². The van der Waals surface area contributed by atoms with E-state index in [1.54, 1.807) is 23.1 Å². The van der Waals surface area contributed by atoms with Crippen LogP contribution in [0.25, 0.3) is 11.4 Å². The summed E-state index contributed by atoms with van der Waals surface area (Å²) in [7, 11) is 0. The number of amides is 1. The minimum atomic E-state index is -0.149. The molecule has 3 aromatic heterocycles. The van der Waals surface area contributed by atoms with Crippen LogP contribution >= 0.6 is 34.4 Å². The minimum Gasteiger partial charge on any atom is -0.339 e. The number of nitrogens with zero attached hydrogens (tertiary/aromatic N) is 4. The molecule has 0 unspecified atom stereocenters. The molecule has 0 radical (unpaired) electrons. The summed E-state index contributed by atoms with van der Waals surface area (Å²) >= 11 is 4.53. The molecule has 0 aliphatic carbocycles. The van der Waals surface area contributed by atoms with Gasteiger partial charge in [0.1, 0.15) is 0 Å². The first-order chi connectivity index (χ1) is 11.2. The third-order valence-electron chi connectivity index (χ3n) is 2.73. The van der Waals surface area contributed by atoms with Crippen LogP contribution in [0.15, 0.2) is 25.7 Å². The minimum absolute atomic E-state index is 0.149. The third-order valence-corrected chi connectivity index (χ3v) is 5.27. The quantitative estimate of drug-likeness (QED) is 0.505. The Hall–Kier alpha value is -1.78. The topological polar surface area (TPSA) is 93.8 Å². The number of hydrogen-bond donors (Lipinski definition) is 1. The second-order valence-electron chi connectivity index (χ2n) is 4.38. The fourth-order valence-corrected chi connectivity index (χ4v) is 4.01. The molecule has 3 aromatic rings. The second-order valence-corrected chi connectivity index (χ2v) is 7.65. The zero-order valence-corrected chi connectivity index (χ0v) is 14.6. The van der Waals surface area contributed by atoms with Crippen LogP contribution in [-0.4, -0.2) is 32.0 Å². The van der Waals surface area contributed by atoms with Crippen LogP contribution in [0.1, 0.15) is 19.2 Å². The third kappa shape index (κ3) is 4.36. The van der Waals surface area contributed by atoms with Gasteiger partial charge in [0.25, 0.3) is 0 Å². The fourth-order valence-electron chi connectivity index (χ4n) is 1.71. The van der Waals surface area contributed by atoms with Crippen LogP contribution < -0.4 is 5.32 Å². The van der Waals surface area contributed by atoms with E-state index in [0.717, 1.165) is 15.7 Å². The Bertz CT molecular complexity index is 768. The monoisotopic (exact) mass is 367 g/mol. The van der Waals surface area contributed by atoms with Crippen molar-refractivity contribution in [2.45, 2.75) is 24.1 Å². The van der Waals surface area contributed by atoms with Gasteiger partial charge in [-0.05, 0) is 17.2 Å². The highest BCUT2D eigenvalue weighted by Crippen LogP contribution is 2.25. The first kappa shape index (κ1) is 16.1. The summed E-state index contributed by atoms with van der Waals surface area (Å²) in [6.45, 7) is 2.04. The largest absolute Gasteiger partial charge is 0.339 e. The molecule has 10 heteroatoms. The van der Waals surface area contributed by atoms with Gasteiger partial charge in [-0.1, -0.05) is 35.2 Å². The summed E-state index contributed by atoms with van der Waals surface area (Å²) < 4.78 is 6.01. The van der Waals surface area contributed by atoms with E-state index in [1.807, 2.05) is 23.8 Å². The molecule has 0 aromatic carbocycles. The Balaban J connectivity index is 1.50. The van der Waals surface area contributed by atoms with Gasteiger partial charge in [-0.3, -0.25) is 4.79 Å². The second kappa shape index (κ2) is 7.66. The van der Waals surface area contributed by atoms with E-state index in [0.29, 0.717) is 23.3 Å². The number of thioether (sulfide) groups is 1. The van der Waals surface area contributed by atoms with Gasteiger partial charge in [0.2, 0.25) is 22.8 Å². The van der Waals surface area contributed by atoms with E-state index < -0.39 is 0 Å². The molecular weight excluding hydrogens is 354 g/mol.